The lowest BCUT2D eigenvalue weighted by Crippen LogP contribution is -2.47. The number of methoxy groups -OCH3 is 2. The lowest BCUT2D eigenvalue weighted by atomic mass is 9.83. The van der Waals surface area contributed by atoms with Crippen molar-refractivity contribution in [1.29, 1.82) is 0 Å². The van der Waals surface area contributed by atoms with E-state index in [1.807, 2.05) is 0 Å². The topological polar surface area (TPSA) is 79.5 Å². The summed E-state index contributed by atoms with van der Waals surface area (Å²) in [6.45, 7) is 0.420. The van der Waals surface area contributed by atoms with E-state index in [4.69, 9.17) is 19.9 Å². The second kappa shape index (κ2) is 6.06. The van der Waals surface area contributed by atoms with Crippen molar-refractivity contribution >= 4 is 0 Å². The number of rotatable bonds is 5. The van der Waals surface area contributed by atoms with Gasteiger partial charge in [0.2, 0.25) is 11.8 Å². The number of hydrogen-bond acceptors (Lipinski definition) is 6. The van der Waals surface area contributed by atoms with Crippen molar-refractivity contribution in [2.75, 3.05) is 20.8 Å². The summed E-state index contributed by atoms with van der Waals surface area (Å²) in [7, 11) is 3.08. The average Bonchev–Trinajstić information content (AvgIpc) is 2.45. The van der Waals surface area contributed by atoms with Gasteiger partial charge in [-0.3, -0.25) is 0 Å². The quantitative estimate of drug-likeness (QED) is 0.871. The summed E-state index contributed by atoms with van der Waals surface area (Å²) >= 11 is 0. The van der Waals surface area contributed by atoms with Crippen molar-refractivity contribution in [2.45, 2.75) is 37.6 Å². The molecule has 6 heteroatoms. The van der Waals surface area contributed by atoms with E-state index < -0.39 is 0 Å². The van der Waals surface area contributed by atoms with Crippen LogP contribution in [0.4, 0.5) is 0 Å². The molecule has 19 heavy (non-hydrogen) atoms. The molecular formula is C13H21N3O3. The zero-order chi connectivity index (χ0) is 13.7. The van der Waals surface area contributed by atoms with Gasteiger partial charge in [0.25, 0.3) is 0 Å². The molecule has 0 bridgehead atoms. The van der Waals surface area contributed by atoms with Gasteiger partial charge in [0.15, 0.2) is 0 Å². The molecule has 1 aromatic rings. The number of nitrogens with two attached hydrogens (primary N) is 1. The minimum Gasteiger partial charge on any atom is -0.481 e. The molecule has 0 saturated heterocycles. The van der Waals surface area contributed by atoms with Crippen LogP contribution in [0, 0.1) is 0 Å². The molecule has 0 radical (unpaired) electrons. The lowest BCUT2D eigenvalue weighted by molar-refractivity contribution is 0.161. The zero-order valence-corrected chi connectivity index (χ0v) is 11.5. The van der Waals surface area contributed by atoms with Crippen molar-refractivity contribution in [1.82, 2.24) is 9.97 Å². The molecule has 106 valence electrons. The van der Waals surface area contributed by atoms with Crippen molar-refractivity contribution in [2.24, 2.45) is 5.73 Å². The number of ether oxygens (including phenoxy) is 3. The van der Waals surface area contributed by atoms with Gasteiger partial charge in [0.05, 0.1) is 25.8 Å². The smallest absolute Gasteiger partial charge is 0.323 e. The molecular weight excluding hydrogens is 246 g/mol. The van der Waals surface area contributed by atoms with Gasteiger partial charge in [-0.05, 0) is 12.8 Å². The fraction of sp³-hybridized carbons (Fsp3) is 0.692. The van der Waals surface area contributed by atoms with Crippen LogP contribution >= 0.6 is 0 Å². The number of hydrogen-bond donors (Lipinski definition) is 1. The first kappa shape index (κ1) is 13.9. The summed E-state index contributed by atoms with van der Waals surface area (Å²) in [5.41, 5.74) is 6.04. The van der Waals surface area contributed by atoms with Crippen LogP contribution in [0.5, 0.6) is 17.8 Å². The maximum absolute atomic E-state index is 6.30. The molecule has 0 unspecified atom stereocenters. The van der Waals surface area contributed by atoms with E-state index in [2.05, 4.69) is 9.97 Å². The fourth-order valence-corrected chi connectivity index (χ4v) is 2.27. The van der Waals surface area contributed by atoms with Crippen LogP contribution in [0.1, 0.15) is 32.1 Å². The molecule has 1 heterocycles. The Morgan fingerprint density at radius 1 is 1.11 bits per heavy atom. The number of nitrogens with zero attached hydrogens (tertiary/aromatic N) is 2. The molecule has 1 saturated carbocycles. The molecule has 0 atom stereocenters. The Balaban J connectivity index is 2.02. The lowest BCUT2D eigenvalue weighted by Gasteiger charge is -2.32. The summed E-state index contributed by atoms with van der Waals surface area (Å²) in [6.07, 6.45) is 5.52. The van der Waals surface area contributed by atoms with Crippen molar-refractivity contribution in [3.63, 3.8) is 0 Å². The summed E-state index contributed by atoms with van der Waals surface area (Å²) < 4.78 is 15.8. The minimum atomic E-state index is -0.266. The molecule has 6 nitrogen and oxygen atoms in total. The van der Waals surface area contributed by atoms with Crippen LogP contribution in [0.2, 0.25) is 0 Å². The fourth-order valence-electron chi connectivity index (χ4n) is 2.27. The van der Waals surface area contributed by atoms with E-state index >= 15 is 0 Å². The van der Waals surface area contributed by atoms with Gasteiger partial charge in [-0.1, -0.05) is 19.3 Å². The van der Waals surface area contributed by atoms with Gasteiger partial charge in [-0.25, -0.2) is 0 Å². The summed E-state index contributed by atoms with van der Waals surface area (Å²) in [4.78, 5) is 8.25. The van der Waals surface area contributed by atoms with Gasteiger partial charge < -0.3 is 19.9 Å². The largest absolute Gasteiger partial charge is 0.481 e. The second-order valence-corrected chi connectivity index (χ2v) is 4.95. The number of aromatic nitrogens is 2. The summed E-state index contributed by atoms with van der Waals surface area (Å²) in [5, 5.41) is 0. The minimum absolute atomic E-state index is 0.242. The summed E-state index contributed by atoms with van der Waals surface area (Å²) in [5.74, 6) is 0.827. The highest BCUT2D eigenvalue weighted by molar-refractivity contribution is 5.22. The van der Waals surface area contributed by atoms with E-state index in [1.165, 1.54) is 20.6 Å². The molecule has 0 spiro atoms. The third-order valence-electron chi connectivity index (χ3n) is 3.41. The van der Waals surface area contributed by atoms with E-state index in [1.54, 1.807) is 6.07 Å². The molecule has 1 aliphatic carbocycles. The van der Waals surface area contributed by atoms with E-state index in [-0.39, 0.29) is 11.5 Å². The van der Waals surface area contributed by atoms with Gasteiger partial charge >= 0.3 is 6.01 Å². The third kappa shape index (κ3) is 3.70. The van der Waals surface area contributed by atoms with E-state index in [0.717, 1.165) is 25.7 Å². The van der Waals surface area contributed by atoms with E-state index in [9.17, 15) is 0 Å². The molecule has 2 N–H and O–H groups in total. The molecule has 2 rings (SSSR count). The molecule has 0 aromatic carbocycles. The van der Waals surface area contributed by atoms with E-state index in [0.29, 0.717) is 18.4 Å². The van der Waals surface area contributed by atoms with Gasteiger partial charge in [-0.15, -0.1) is 0 Å². The van der Waals surface area contributed by atoms with Gasteiger partial charge in [-0.2, -0.15) is 9.97 Å². The predicted octanol–water partition coefficient (Wildman–Crippen LogP) is 1.53. The van der Waals surface area contributed by atoms with Crippen LogP contribution in [0.3, 0.4) is 0 Å². The van der Waals surface area contributed by atoms with Crippen LogP contribution in [-0.4, -0.2) is 36.3 Å². The van der Waals surface area contributed by atoms with Crippen LogP contribution < -0.4 is 19.9 Å². The van der Waals surface area contributed by atoms with Crippen molar-refractivity contribution in [3.8, 4) is 17.8 Å². The molecule has 1 aliphatic rings. The predicted molar refractivity (Wildman–Crippen MR) is 70.6 cm³/mol. The van der Waals surface area contributed by atoms with Gasteiger partial charge in [0.1, 0.15) is 6.61 Å². The Morgan fingerprint density at radius 2 is 1.68 bits per heavy atom. The summed E-state index contributed by atoms with van der Waals surface area (Å²) in [6, 6.07) is 1.85. The Labute approximate surface area is 113 Å². The highest BCUT2D eigenvalue weighted by Gasteiger charge is 2.28. The molecule has 1 fully saturated rings. The standard InChI is InChI=1S/C13H21N3O3/c1-17-10-8-11(18-2)16-12(15-10)19-9-13(14)6-4-3-5-7-13/h8H,3-7,9,14H2,1-2H3. The molecule has 0 amide bonds. The zero-order valence-electron chi connectivity index (χ0n) is 11.5. The molecule has 1 aromatic heterocycles. The Bertz CT molecular complexity index is 397. The van der Waals surface area contributed by atoms with Crippen molar-refractivity contribution in [3.05, 3.63) is 6.07 Å². The first-order valence-electron chi connectivity index (χ1n) is 6.54. The van der Waals surface area contributed by atoms with Gasteiger partial charge in [0, 0.05) is 0 Å². The van der Waals surface area contributed by atoms with Crippen LogP contribution in [0.15, 0.2) is 6.07 Å². The maximum Gasteiger partial charge on any atom is 0.323 e. The van der Waals surface area contributed by atoms with Crippen LogP contribution in [-0.2, 0) is 0 Å². The Morgan fingerprint density at radius 3 is 2.21 bits per heavy atom. The Kier molecular flexibility index (Phi) is 4.42. The second-order valence-electron chi connectivity index (χ2n) is 4.95. The molecule has 0 aliphatic heterocycles. The highest BCUT2D eigenvalue weighted by atomic mass is 16.5. The average molecular weight is 267 g/mol. The maximum atomic E-state index is 6.30. The van der Waals surface area contributed by atoms with Crippen molar-refractivity contribution < 1.29 is 14.2 Å². The first-order valence-corrected chi connectivity index (χ1v) is 6.54. The Hall–Kier alpha value is -1.56. The monoisotopic (exact) mass is 267 g/mol. The first-order chi connectivity index (χ1) is 9.15. The highest BCUT2D eigenvalue weighted by Crippen LogP contribution is 2.27. The third-order valence-corrected chi connectivity index (χ3v) is 3.41. The SMILES string of the molecule is COc1cc(OC)nc(OCC2(N)CCCCC2)n1. The van der Waals surface area contributed by atoms with Crippen LogP contribution in [0.25, 0.3) is 0 Å². The normalized spacial score (nSPS) is 17.8.